The number of para-hydroxylation sites is 1. The predicted octanol–water partition coefficient (Wildman–Crippen LogP) is 4.70. The molecule has 0 amide bonds. The predicted molar refractivity (Wildman–Crippen MR) is 98.0 cm³/mol. The summed E-state index contributed by atoms with van der Waals surface area (Å²) in [6.45, 7) is 0. The van der Waals surface area contributed by atoms with E-state index in [1.165, 1.54) is 4.88 Å². The molecule has 3 aromatic rings. The van der Waals surface area contributed by atoms with Crippen LogP contribution in [0.5, 0.6) is 11.5 Å². The van der Waals surface area contributed by atoms with E-state index in [4.69, 9.17) is 9.84 Å². The Morgan fingerprint density at radius 2 is 2.00 bits per heavy atom. The van der Waals surface area contributed by atoms with Crippen molar-refractivity contribution in [1.82, 2.24) is 5.01 Å². The third kappa shape index (κ3) is 2.39. The fourth-order valence-electron chi connectivity index (χ4n) is 3.52. The Hall–Kier alpha value is -2.79. The molecule has 3 heterocycles. The summed E-state index contributed by atoms with van der Waals surface area (Å²) in [7, 11) is 0. The zero-order valence-corrected chi connectivity index (χ0v) is 14.2. The fraction of sp³-hybridized carbons (Fsp3) is 0.150. The van der Waals surface area contributed by atoms with Gasteiger partial charge in [0.15, 0.2) is 0 Å². The molecule has 4 nitrogen and oxygen atoms in total. The lowest BCUT2D eigenvalue weighted by Crippen LogP contribution is -2.33. The maximum Gasteiger partial charge on any atom is 0.214 e. The number of rotatable bonds is 2. The van der Waals surface area contributed by atoms with Crippen molar-refractivity contribution in [2.75, 3.05) is 0 Å². The van der Waals surface area contributed by atoms with Gasteiger partial charge in [0, 0.05) is 17.5 Å². The van der Waals surface area contributed by atoms with Crippen LogP contribution in [-0.2, 0) is 0 Å². The van der Waals surface area contributed by atoms with E-state index < -0.39 is 0 Å². The van der Waals surface area contributed by atoms with Gasteiger partial charge in [0.2, 0.25) is 6.23 Å². The minimum absolute atomic E-state index is 0.148. The van der Waals surface area contributed by atoms with Crippen molar-refractivity contribution in [2.45, 2.75) is 18.7 Å². The van der Waals surface area contributed by atoms with E-state index in [9.17, 15) is 5.11 Å². The summed E-state index contributed by atoms with van der Waals surface area (Å²) in [4.78, 5) is 1.20. The highest BCUT2D eigenvalue weighted by Crippen LogP contribution is 2.47. The topological polar surface area (TPSA) is 45.1 Å². The molecule has 2 aliphatic heterocycles. The molecule has 0 bridgehead atoms. The minimum atomic E-state index is -0.343. The van der Waals surface area contributed by atoms with Crippen molar-refractivity contribution in [3.63, 3.8) is 0 Å². The first-order valence-electron chi connectivity index (χ1n) is 8.24. The van der Waals surface area contributed by atoms with Gasteiger partial charge in [0.1, 0.15) is 11.5 Å². The largest absolute Gasteiger partial charge is 0.508 e. The monoisotopic (exact) mass is 348 g/mol. The fourth-order valence-corrected chi connectivity index (χ4v) is 4.25. The third-order valence-corrected chi connectivity index (χ3v) is 5.58. The molecule has 124 valence electrons. The summed E-state index contributed by atoms with van der Waals surface area (Å²) in [6.07, 6.45) is 0.514. The number of phenolic OH excluding ortho intramolecular Hbond substituents is 1. The van der Waals surface area contributed by atoms with Crippen LogP contribution in [0.4, 0.5) is 0 Å². The Morgan fingerprint density at radius 1 is 1.08 bits per heavy atom. The lowest BCUT2D eigenvalue weighted by Gasteiger charge is -2.38. The SMILES string of the molecule is Oc1cccc([C@H]2Oc3ccccc3[C@H]3CC(c4cccs4)=NN32)c1. The van der Waals surface area contributed by atoms with Crippen LogP contribution >= 0.6 is 11.3 Å². The van der Waals surface area contributed by atoms with Crippen molar-refractivity contribution < 1.29 is 9.84 Å². The molecule has 2 aromatic carbocycles. The molecule has 0 radical (unpaired) electrons. The molecule has 0 unspecified atom stereocenters. The van der Waals surface area contributed by atoms with Crippen LogP contribution in [0.15, 0.2) is 71.1 Å². The highest BCUT2D eigenvalue weighted by atomic mass is 32.1. The van der Waals surface area contributed by atoms with Gasteiger partial charge in [-0.3, -0.25) is 0 Å². The van der Waals surface area contributed by atoms with Crippen molar-refractivity contribution in [3.8, 4) is 11.5 Å². The summed E-state index contributed by atoms with van der Waals surface area (Å²) in [5.41, 5.74) is 3.15. The molecule has 0 fully saturated rings. The second kappa shape index (κ2) is 5.63. The Balaban J connectivity index is 1.62. The van der Waals surface area contributed by atoms with Crippen LogP contribution in [-0.4, -0.2) is 15.8 Å². The van der Waals surface area contributed by atoms with E-state index >= 15 is 0 Å². The van der Waals surface area contributed by atoms with Crippen LogP contribution in [0.1, 0.15) is 34.7 Å². The molecule has 0 spiro atoms. The van der Waals surface area contributed by atoms with Gasteiger partial charge in [0.05, 0.1) is 16.6 Å². The highest BCUT2D eigenvalue weighted by molar-refractivity contribution is 7.12. The van der Waals surface area contributed by atoms with Gasteiger partial charge in [-0.05, 0) is 29.6 Å². The molecule has 2 aliphatic rings. The number of nitrogens with zero attached hydrogens (tertiary/aromatic N) is 2. The summed E-state index contributed by atoms with van der Waals surface area (Å²) in [5.74, 6) is 1.12. The number of thiophene rings is 1. The number of phenols is 1. The summed E-state index contributed by atoms with van der Waals surface area (Å²) in [5, 5.41) is 18.9. The van der Waals surface area contributed by atoms with Gasteiger partial charge in [-0.1, -0.05) is 36.4 Å². The van der Waals surface area contributed by atoms with Crippen molar-refractivity contribution >= 4 is 17.0 Å². The molecule has 1 aromatic heterocycles. The molecular formula is C20H16N2O2S. The molecule has 25 heavy (non-hydrogen) atoms. The number of ether oxygens (including phenoxy) is 1. The van der Waals surface area contributed by atoms with Crippen LogP contribution in [0.3, 0.4) is 0 Å². The zero-order chi connectivity index (χ0) is 16.8. The average Bonchev–Trinajstić information content (AvgIpc) is 3.30. The smallest absolute Gasteiger partial charge is 0.214 e. The number of aromatic hydroxyl groups is 1. The van der Waals surface area contributed by atoms with Crippen molar-refractivity contribution in [1.29, 1.82) is 0 Å². The Kier molecular flexibility index (Phi) is 3.28. The molecule has 2 atom stereocenters. The van der Waals surface area contributed by atoms with E-state index in [1.54, 1.807) is 23.5 Å². The highest BCUT2D eigenvalue weighted by Gasteiger charge is 2.41. The van der Waals surface area contributed by atoms with Gasteiger partial charge in [0.25, 0.3) is 0 Å². The van der Waals surface area contributed by atoms with E-state index in [-0.39, 0.29) is 18.0 Å². The van der Waals surface area contributed by atoms with Crippen LogP contribution in [0.2, 0.25) is 0 Å². The minimum Gasteiger partial charge on any atom is -0.508 e. The second-order valence-electron chi connectivity index (χ2n) is 6.23. The number of hydrogen-bond acceptors (Lipinski definition) is 5. The van der Waals surface area contributed by atoms with Gasteiger partial charge in [-0.25, -0.2) is 5.01 Å². The van der Waals surface area contributed by atoms with Crippen LogP contribution < -0.4 is 4.74 Å². The Morgan fingerprint density at radius 3 is 2.84 bits per heavy atom. The summed E-state index contributed by atoms with van der Waals surface area (Å²) < 4.78 is 6.26. The molecule has 5 heteroatoms. The number of fused-ring (bicyclic) bond motifs is 3. The standard InChI is InChI=1S/C20H16N2O2S/c23-14-6-3-5-13(11-14)20-22-17(15-7-1-2-8-18(15)24-20)12-16(21-22)19-9-4-10-25-19/h1-11,17,20,23H,12H2/t17-,20-/m1/s1. The van der Waals surface area contributed by atoms with Crippen molar-refractivity contribution in [3.05, 3.63) is 82.0 Å². The van der Waals surface area contributed by atoms with Gasteiger partial charge >= 0.3 is 0 Å². The van der Waals surface area contributed by atoms with Gasteiger partial charge in [-0.15, -0.1) is 11.3 Å². The zero-order valence-electron chi connectivity index (χ0n) is 13.4. The number of hydrogen-bond donors (Lipinski definition) is 1. The number of hydrazone groups is 1. The average molecular weight is 348 g/mol. The van der Waals surface area contributed by atoms with E-state index in [0.29, 0.717) is 0 Å². The second-order valence-corrected chi connectivity index (χ2v) is 7.17. The van der Waals surface area contributed by atoms with Gasteiger partial charge in [-0.2, -0.15) is 5.10 Å². The maximum atomic E-state index is 9.87. The third-order valence-electron chi connectivity index (χ3n) is 4.66. The van der Waals surface area contributed by atoms with Crippen LogP contribution in [0, 0.1) is 0 Å². The van der Waals surface area contributed by atoms with Gasteiger partial charge < -0.3 is 9.84 Å². The first kappa shape index (κ1) is 14.5. The first-order chi connectivity index (χ1) is 12.3. The molecule has 0 saturated heterocycles. The number of benzene rings is 2. The van der Waals surface area contributed by atoms with Crippen molar-refractivity contribution in [2.24, 2.45) is 5.10 Å². The van der Waals surface area contributed by atoms with Crippen LogP contribution in [0.25, 0.3) is 0 Å². The first-order valence-corrected chi connectivity index (χ1v) is 9.12. The molecular weight excluding hydrogens is 332 g/mol. The molecule has 0 saturated carbocycles. The summed E-state index contributed by atoms with van der Waals surface area (Å²) in [6, 6.07) is 19.7. The normalized spacial score (nSPS) is 21.3. The van der Waals surface area contributed by atoms with E-state index in [2.05, 4.69) is 23.6 Å². The quantitative estimate of drug-likeness (QED) is 0.730. The molecule has 0 aliphatic carbocycles. The lowest BCUT2D eigenvalue weighted by atomic mass is 9.98. The lowest BCUT2D eigenvalue weighted by molar-refractivity contribution is -0.0191. The van der Waals surface area contributed by atoms with E-state index in [1.807, 2.05) is 35.3 Å². The Labute approximate surface area is 149 Å². The maximum absolute atomic E-state index is 9.87. The summed E-state index contributed by atoms with van der Waals surface area (Å²) >= 11 is 1.71. The Bertz CT molecular complexity index is 952. The van der Waals surface area contributed by atoms with E-state index in [0.717, 1.165) is 29.0 Å². The molecule has 1 N–H and O–H groups in total. The molecule has 5 rings (SSSR count).